The molecule has 110 valence electrons. The van der Waals surface area contributed by atoms with Crippen molar-refractivity contribution >= 4 is 10.0 Å². The standard InChI is InChI=1S/C9H18F3NO4S/c1-17-7-5-13(4-6-14)18(15,16)8-2-3-9(10,11)12/h14H,2-8H2,1H3. The summed E-state index contributed by atoms with van der Waals surface area (Å²) in [6.45, 7) is -0.385. The number of sulfonamides is 1. The number of ether oxygens (including phenoxy) is 1. The van der Waals surface area contributed by atoms with Crippen molar-refractivity contribution < 1.29 is 31.4 Å². The summed E-state index contributed by atoms with van der Waals surface area (Å²) in [5.41, 5.74) is 0. The second kappa shape index (κ2) is 7.93. The summed E-state index contributed by atoms with van der Waals surface area (Å²) in [7, 11) is -2.40. The Balaban J connectivity index is 4.36. The van der Waals surface area contributed by atoms with Crippen LogP contribution in [0.15, 0.2) is 0 Å². The molecule has 18 heavy (non-hydrogen) atoms. The van der Waals surface area contributed by atoms with Crippen LogP contribution < -0.4 is 0 Å². The Kier molecular flexibility index (Phi) is 7.76. The molecule has 0 aromatic rings. The molecule has 9 heteroatoms. The molecule has 0 fully saturated rings. The number of methoxy groups -OCH3 is 1. The van der Waals surface area contributed by atoms with Crippen molar-refractivity contribution in [3.8, 4) is 0 Å². The van der Waals surface area contributed by atoms with Crippen LogP contribution in [0.25, 0.3) is 0 Å². The maximum absolute atomic E-state index is 11.9. The SMILES string of the molecule is COCCN(CCO)S(=O)(=O)CCCC(F)(F)F. The summed E-state index contributed by atoms with van der Waals surface area (Å²) in [5, 5.41) is 8.73. The van der Waals surface area contributed by atoms with Crippen molar-refractivity contribution in [2.24, 2.45) is 0 Å². The molecule has 0 heterocycles. The lowest BCUT2D eigenvalue weighted by molar-refractivity contribution is -0.134. The van der Waals surface area contributed by atoms with Crippen LogP contribution in [-0.4, -0.2) is 63.2 Å². The van der Waals surface area contributed by atoms with Crippen LogP contribution in [0.5, 0.6) is 0 Å². The van der Waals surface area contributed by atoms with Crippen molar-refractivity contribution in [3.63, 3.8) is 0 Å². The third kappa shape index (κ3) is 7.85. The van der Waals surface area contributed by atoms with Gasteiger partial charge in [0, 0.05) is 26.6 Å². The van der Waals surface area contributed by atoms with E-state index in [-0.39, 0.29) is 26.3 Å². The van der Waals surface area contributed by atoms with Crippen molar-refractivity contribution in [2.45, 2.75) is 19.0 Å². The fourth-order valence-electron chi connectivity index (χ4n) is 1.28. The number of hydrogen-bond donors (Lipinski definition) is 1. The molecule has 0 aliphatic carbocycles. The fourth-order valence-corrected chi connectivity index (χ4v) is 2.76. The van der Waals surface area contributed by atoms with Crippen LogP contribution in [0.3, 0.4) is 0 Å². The average molecular weight is 293 g/mol. The first-order chi connectivity index (χ1) is 8.23. The number of hydrogen-bond acceptors (Lipinski definition) is 4. The van der Waals surface area contributed by atoms with Gasteiger partial charge in [0.15, 0.2) is 0 Å². The molecule has 5 nitrogen and oxygen atoms in total. The van der Waals surface area contributed by atoms with Crippen molar-refractivity contribution in [2.75, 3.05) is 39.2 Å². The van der Waals surface area contributed by atoms with Gasteiger partial charge in [-0.1, -0.05) is 0 Å². The predicted molar refractivity (Wildman–Crippen MR) is 59.6 cm³/mol. The lowest BCUT2D eigenvalue weighted by Crippen LogP contribution is -2.37. The average Bonchev–Trinajstić information content (AvgIpc) is 2.21. The highest BCUT2D eigenvalue weighted by Crippen LogP contribution is 2.22. The first-order valence-corrected chi connectivity index (χ1v) is 6.98. The van der Waals surface area contributed by atoms with E-state index in [0.29, 0.717) is 0 Å². The Labute approximate surface area is 105 Å². The summed E-state index contributed by atoms with van der Waals surface area (Å²) in [5.74, 6) is -0.587. The summed E-state index contributed by atoms with van der Waals surface area (Å²) >= 11 is 0. The van der Waals surface area contributed by atoms with Gasteiger partial charge in [-0.3, -0.25) is 0 Å². The van der Waals surface area contributed by atoms with Gasteiger partial charge in [-0.15, -0.1) is 0 Å². The van der Waals surface area contributed by atoms with Gasteiger partial charge in [-0.25, -0.2) is 8.42 Å². The number of rotatable bonds is 9. The number of nitrogens with zero attached hydrogens (tertiary/aromatic N) is 1. The monoisotopic (exact) mass is 293 g/mol. The molecule has 0 bridgehead atoms. The second-order valence-electron chi connectivity index (χ2n) is 3.65. The molecule has 0 aliphatic rings. The van der Waals surface area contributed by atoms with Crippen LogP contribution in [0.1, 0.15) is 12.8 Å². The van der Waals surface area contributed by atoms with Crippen LogP contribution in [0.4, 0.5) is 13.2 Å². The van der Waals surface area contributed by atoms with Crippen molar-refractivity contribution in [3.05, 3.63) is 0 Å². The van der Waals surface area contributed by atoms with E-state index in [1.165, 1.54) is 7.11 Å². The number of aliphatic hydroxyl groups excluding tert-OH is 1. The van der Waals surface area contributed by atoms with E-state index in [4.69, 9.17) is 9.84 Å². The molecule has 1 N–H and O–H groups in total. The molecular weight excluding hydrogens is 275 g/mol. The smallest absolute Gasteiger partial charge is 0.389 e. The van der Waals surface area contributed by atoms with E-state index in [2.05, 4.69) is 0 Å². The zero-order valence-corrected chi connectivity index (χ0v) is 10.9. The van der Waals surface area contributed by atoms with Crippen LogP contribution in [0, 0.1) is 0 Å². The van der Waals surface area contributed by atoms with Gasteiger partial charge >= 0.3 is 6.18 Å². The van der Waals surface area contributed by atoms with Gasteiger partial charge < -0.3 is 9.84 Å². The summed E-state index contributed by atoms with van der Waals surface area (Å²) in [6, 6.07) is 0. The van der Waals surface area contributed by atoms with Crippen LogP contribution in [-0.2, 0) is 14.8 Å². The number of halogens is 3. The molecule has 0 saturated heterocycles. The first kappa shape index (κ1) is 17.6. The highest BCUT2D eigenvalue weighted by atomic mass is 32.2. The Morgan fingerprint density at radius 3 is 2.33 bits per heavy atom. The van der Waals surface area contributed by atoms with Crippen LogP contribution in [0.2, 0.25) is 0 Å². The largest absolute Gasteiger partial charge is 0.395 e. The fraction of sp³-hybridized carbons (Fsp3) is 1.00. The minimum atomic E-state index is -4.36. The van der Waals surface area contributed by atoms with Gasteiger partial charge in [-0.2, -0.15) is 17.5 Å². The van der Waals surface area contributed by atoms with E-state index in [1.54, 1.807) is 0 Å². The molecule has 0 unspecified atom stereocenters. The van der Waals surface area contributed by atoms with Gasteiger partial charge in [0.25, 0.3) is 0 Å². The topological polar surface area (TPSA) is 66.8 Å². The molecule has 0 atom stereocenters. The Morgan fingerprint density at radius 1 is 1.28 bits per heavy atom. The van der Waals surface area contributed by atoms with E-state index in [9.17, 15) is 21.6 Å². The lowest BCUT2D eigenvalue weighted by Gasteiger charge is -2.20. The summed E-state index contributed by atoms with van der Waals surface area (Å²) < 4.78 is 64.8. The van der Waals surface area contributed by atoms with Gasteiger partial charge in [0.05, 0.1) is 19.0 Å². The predicted octanol–water partition coefficient (Wildman–Crippen LogP) is 0.599. The Hall–Kier alpha value is -0.380. The molecule has 0 aromatic carbocycles. The molecular formula is C9H18F3NO4S. The van der Waals surface area contributed by atoms with Gasteiger partial charge in [0.2, 0.25) is 10.0 Å². The van der Waals surface area contributed by atoms with Gasteiger partial charge in [-0.05, 0) is 6.42 Å². The quantitative estimate of drug-likeness (QED) is 0.676. The second-order valence-corrected chi connectivity index (χ2v) is 5.74. The highest BCUT2D eigenvalue weighted by Gasteiger charge is 2.29. The van der Waals surface area contributed by atoms with Gasteiger partial charge in [0.1, 0.15) is 0 Å². The van der Waals surface area contributed by atoms with E-state index in [1.807, 2.05) is 0 Å². The van der Waals surface area contributed by atoms with E-state index in [0.717, 1.165) is 4.31 Å². The molecule has 0 saturated carbocycles. The minimum absolute atomic E-state index is 0.0193. The molecule has 0 radical (unpaired) electrons. The maximum Gasteiger partial charge on any atom is 0.389 e. The highest BCUT2D eigenvalue weighted by molar-refractivity contribution is 7.89. The summed E-state index contributed by atoms with van der Waals surface area (Å²) in [6.07, 6.45) is -5.98. The lowest BCUT2D eigenvalue weighted by atomic mass is 10.3. The third-order valence-electron chi connectivity index (χ3n) is 2.15. The third-order valence-corrected chi connectivity index (χ3v) is 4.11. The molecule has 0 aromatic heterocycles. The summed E-state index contributed by atoms with van der Waals surface area (Å²) in [4.78, 5) is 0. The van der Waals surface area contributed by atoms with Crippen LogP contribution >= 0.6 is 0 Å². The number of aliphatic hydroxyl groups is 1. The normalized spacial score (nSPS) is 13.2. The molecule has 0 spiro atoms. The maximum atomic E-state index is 11.9. The van der Waals surface area contributed by atoms with Crippen molar-refractivity contribution in [1.82, 2.24) is 4.31 Å². The Bertz CT molecular complexity index is 318. The van der Waals surface area contributed by atoms with Crippen molar-refractivity contribution in [1.29, 1.82) is 0 Å². The number of alkyl halides is 3. The zero-order chi connectivity index (χ0) is 14.2. The van der Waals surface area contributed by atoms with E-state index >= 15 is 0 Å². The van der Waals surface area contributed by atoms with E-state index < -0.39 is 34.8 Å². The molecule has 0 amide bonds. The molecule has 0 aliphatic heterocycles. The minimum Gasteiger partial charge on any atom is -0.395 e. The molecule has 0 rings (SSSR count). The zero-order valence-electron chi connectivity index (χ0n) is 10.1. The Morgan fingerprint density at radius 2 is 1.89 bits per heavy atom. The first-order valence-electron chi connectivity index (χ1n) is 5.37.